The monoisotopic (exact) mass is 512 g/mol. The van der Waals surface area contributed by atoms with Gasteiger partial charge < -0.3 is 5.32 Å². The third-order valence-electron chi connectivity index (χ3n) is 9.63. The second-order valence-corrected chi connectivity index (χ2v) is 11.4. The number of nitrogens with zero attached hydrogens (tertiary/aromatic N) is 2. The van der Waals surface area contributed by atoms with Crippen LogP contribution in [0.3, 0.4) is 0 Å². The molecule has 2 aliphatic rings. The van der Waals surface area contributed by atoms with E-state index >= 15 is 0 Å². The molecular formula is C34H16N4O2. The van der Waals surface area contributed by atoms with Gasteiger partial charge in [-0.1, -0.05) is 24.3 Å². The van der Waals surface area contributed by atoms with Gasteiger partial charge in [-0.15, -0.1) is 0 Å². The Hall–Kier alpha value is -5.36. The predicted molar refractivity (Wildman–Crippen MR) is 159 cm³/mol. The summed E-state index contributed by atoms with van der Waals surface area (Å²) in [6.07, 6.45) is 1.60. The Labute approximate surface area is 223 Å². The van der Waals surface area contributed by atoms with Crippen LogP contribution < -0.4 is 10.9 Å². The molecule has 0 saturated carbocycles. The Morgan fingerprint density at radius 2 is 1.43 bits per heavy atom. The predicted octanol–water partition coefficient (Wildman–Crippen LogP) is 6.25. The minimum absolute atomic E-state index is 0.0301. The lowest BCUT2D eigenvalue weighted by Gasteiger charge is -2.29. The van der Waals surface area contributed by atoms with Crippen LogP contribution in [-0.4, -0.2) is 21.1 Å². The minimum Gasteiger partial charge on any atom is -0.307 e. The first kappa shape index (κ1) is 19.7. The fourth-order valence-corrected chi connectivity index (χ4v) is 8.14. The summed E-state index contributed by atoms with van der Waals surface area (Å²) >= 11 is 0. The fourth-order valence-electron chi connectivity index (χ4n) is 8.14. The fraction of sp³-hybridized carbons (Fsp3) is 0.0588. The van der Waals surface area contributed by atoms with Gasteiger partial charge in [0.15, 0.2) is 0 Å². The van der Waals surface area contributed by atoms with Gasteiger partial charge >= 0.3 is 0 Å². The number of benzene rings is 7. The van der Waals surface area contributed by atoms with E-state index in [0.717, 1.165) is 88.9 Å². The highest BCUT2D eigenvalue weighted by atomic mass is 16.1. The standard InChI is InChI=1S/C34H16N4O2/c35-31-17-9-13-5-6-14-10-18-28-20(34(40)38-22-4-2-1-3-21(22)36-32(18)38)12-16-8-7-15-11-19(33(39)37-31)27(17)29-23(13)24(14)30(28)26(16)25(15)29/h1-6,9-12H,7-8H2,(H2,35,37,39). The number of nitrogens with one attached hydrogen (secondary N) is 2. The molecule has 6 heteroatoms. The smallest absolute Gasteiger partial charge is 0.264 e. The van der Waals surface area contributed by atoms with E-state index in [0.29, 0.717) is 11.2 Å². The molecule has 3 heterocycles. The quantitative estimate of drug-likeness (QED) is 0.186. The first-order valence-electron chi connectivity index (χ1n) is 13.5. The number of hydrogen-bond acceptors (Lipinski definition) is 4. The van der Waals surface area contributed by atoms with Gasteiger partial charge in [0.25, 0.3) is 11.5 Å². The topological polar surface area (TPSA) is 87.3 Å². The van der Waals surface area contributed by atoms with Crippen LogP contribution in [0.5, 0.6) is 0 Å². The Kier molecular flexibility index (Phi) is 2.92. The van der Waals surface area contributed by atoms with E-state index in [9.17, 15) is 9.59 Å². The number of pyridine rings is 1. The molecule has 2 aromatic heterocycles. The summed E-state index contributed by atoms with van der Waals surface area (Å²) < 4.78 is 1.78. The first-order valence-corrected chi connectivity index (χ1v) is 13.5. The van der Waals surface area contributed by atoms with E-state index in [4.69, 9.17) is 10.4 Å². The number of fused-ring (bicyclic) bond motifs is 4. The van der Waals surface area contributed by atoms with Crippen molar-refractivity contribution in [2.45, 2.75) is 12.8 Å². The highest BCUT2D eigenvalue weighted by Crippen LogP contribution is 2.52. The zero-order valence-corrected chi connectivity index (χ0v) is 20.9. The van der Waals surface area contributed by atoms with Crippen LogP contribution >= 0.6 is 0 Å². The molecule has 6 nitrogen and oxygen atoms in total. The van der Waals surface area contributed by atoms with Crippen molar-refractivity contribution >= 4 is 93.1 Å². The summed E-state index contributed by atoms with van der Waals surface area (Å²) in [4.78, 5) is 32.3. The lowest BCUT2D eigenvalue weighted by atomic mass is 9.75. The first-order chi connectivity index (χ1) is 19.6. The highest BCUT2D eigenvalue weighted by molar-refractivity contribution is 6.47. The number of para-hydroxylation sites is 2. The summed E-state index contributed by atoms with van der Waals surface area (Å²) in [5.74, 6) is -0.0609. The van der Waals surface area contributed by atoms with Gasteiger partial charge in [-0.2, -0.15) is 0 Å². The van der Waals surface area contributed by atoms with Crippen LogP contribution in [0, 0.1) is 5.41 Å². The number of aryl methyl sites for hydroxylation is 2. The van der Waals surface area contributed by atoms with Crippen LogP contribution in [0.15, 0.2) is 65.5 Å². The second-order valence-electron chi connectivity index (χ2n) is 11.4. The molecule has 0 bridgehead atoms. The maximum Gasteiger partial charge on any atom is 0.264 e. The van der Waals surface area contributed by atoms with Gasteiger partial charge in [0.2, 0.25) is 0 Å². The molecule has 1 aliphatic carbocycles. The van der Waals surface area contributed by atoms with Crippen LogP contribution in [0.4, 0.5) is 0 Å². The van der Waals surface area contributed by atoms with Crippen LogP contribution in [0.2, 0.25) is 0 Å². The second kappa shape index (κ2) is 5.95. The number of carbonyl (C=O) groups excluding carboxylic acids is 1. The zero-order chi connectivity index (χ0) is 26.2. The third-order valence-corrected chi connectivity index (χ3v) is 9.63. The van der Waals surface area contributed by atoms with Crippen molar-refractivity contribution in [1.29, 1.82) is 5.41 Å². The van der Waals surface area contributed by atoms with Crippen molar-refractivity contribution < 1.29 is 4.79 Å². The van der Waals surface area contributed by atoms with Gasteiger partial charge in [0.05, 0.1) is 11.0 Å². The average molecular weight is 513 g/mol. The van der Waals surface area contributed by atoms with Gasteiger partial charge in [-0.05, 0) is 103 Å². The van der Waals surface area contributed by atoms with Crippen molar-refractivity contribution in [3.63, 3.8) is 0 Å². The Morgan fingerprint density at radius 1 is 0.700 bits per heavy atom. The lowest BCUT2D eigenvalue weighted by molar-refractivity contribution is 0.0977. The Balaban J connectivity index is 1.54. The van der Waals surface area contributed by atoms with Crippen molar-refractivity contribution in [2.75, 3.05) is 0 Å². The van der Waals surface area contributed by atoms with Crippen molar-refractivity contribution in [3.8, 4) is 0 Å². The lowest BCUT2D eigenvalue weighted by Crippen LogP contribution is -2.35. The summed E-state index contributed by atoms with van der Waals surface area (Å²) in [5.41, 5.74) is 6.06. The van der Waals surface area contributed by atoms with E-state index < -0.39 is 0 Å². The molecule has 0 unspecified atom stereocenters. The van der Waals surface area contributed by atoms with Gasteiger partial charge in [0.1, 0.15) is 11.5 Å². The normalized spacial score (nSPS) is 15.2. The molecule has 7 aromatic carbocycles. The van der Waals surface area contributed by atoms with Gasteiger partial charge in [0, 0.05) is 32.7 Å². The summed E-state index contributed by atoms with van der Waals surface area (Å²) in [6, 6.07) is 20.5. The highest BCUT2D eigenvalue weighted by Gasteiger charge is 2.32. The van der Waals surface area contributed by atoms with Crippen LogP contribution in [0.25, 0.3) is 81.3 Å². The summed E-state index contributed by atoms with van der Waals surface area (Å²) in [5, 5.41) is 23.9. The Bertz CT molecular complexity index is 2790. The largest absolute Gasteiger partial charge is 0.307 e. The number of carbonyl (C=O) groups is 1. The number of amides is 1. The molecule has 0 atom stereocenters. The van der Waals surface area contributed by atoms with Crippen molar-refractivity contribution in [3.05, 3.63) is 93.3 Å². The number of aromatic nitrogens is 2. The number of hydrogen-bond donors (Lipinski definition) is 2. The molecule has 1 amide bonds. The zero-order valence-electron chi connectivity index (χ0n) is 20.9. The third kappa shape index (κ3) is 1.89. The number of rotatable bonds is 0. The van der Waals surface area contributed by atoms with Crippen molar-refractivity contribution in [2.24, 2.45) is 0 Å². The summed E-state index contributed by atoms with van der Waals surface area (Å²) in [7, 11) is 0. The van der Waals surface area contributed by atoms with Gasteiger partial charge in [-0.25, -0.2) is 4.98 Å². The molecule has 9 aromatic rings. The van der Waals surface area contributed by atoms with E-state index in [1.165, 1.54) is 16.3 Å². The Morgan fingerprint density at radius 3 is 2.25 bits per heavy atom. The maximum absolute atomic E-state index is 14.2. The molecule has 184 valence electrons. The number of amidine groups is 1. The molecule has 0 spiro atoms. The summed E-state index contributed by atoms with van der Waals surface area (Å²) in [6.45, 7) is 0. The van der Waals surface area contributed by atoms with Crippen molar-refractivity contribution in [1.82, 2.24) is 14.7 Å². The molecule has 40 heavy (non-hydrogen) atoms. The molecule has 1 aliphatic heterocycles. The minimum atomic E-state index is -0.210. The van der Waals surface area contributed by atoms with Crippen LogP contribution in [0.1, 0.15) is 27.0 Å². The van der Waals surface area contributed by atoms with E-state index in [1.807, 2.05) is 36.4 Å². The molecule has 11 rings (SSSR count). The number of imidazole rings is 1. The van der Waals surface area contributed by atoms with E-state index in [-0.39, 0.29) is 17.3 Å². The average Bonchev–Trinajstić information content (AvgIpc) is 3.37. The molecule has 2 N–H and O–H groups in total. The maximum atomic E-state index is 14.2. The molecule has 0 radical (unpaired) electrons. The molecular weight excluding hydrogens is 496 g/mol. The van der Waals surface area contributed by atoms with Crippen LogP contribution in [-0.2, 0) is 12.8 Å². The van der Waals surface area contributed by atoms with E-state index in [2.05, 4.69) is 29.6 Å². The van der Waals surface area contributed by atoms with E-state index in [1.54, 1.807) is 4.40 Å². The molecule has 0 fully saturated rings. The molecule has 0 saturated heterocycles. The SMILES string of the molecule is N=C1NC(=O)c2cc3c4c5c(cc6c(=O)n7c8ccccc8nc7c7cc8ccc9cc1c2c4c9c8c5c67)CC3. The van der Waals surface area contributed by atoms with Gasteiger partial charge in [-0.3, -0.25) is 19.4 Å².